The first-order valence-corrected chi connectivity index (χ1v) is 8.02. The Morgan fingerprint density at radius 1 is 1.19 bits per heavy atom. The molecule has 21 heavy (non-hydrogen) atoms. The van der Waals surface area contributed by atoms with Crippen LogP contribution in [0.4, 0.5) is 0 Å². The second-order valence-corrected chi connectivity index (χ2v) is 7.61. The van der Waals surface area contributed by atoms with E-state index in [4.69, 9.17) is 0 Å². The molecule has 3 atom stereocenters. The molecule has 1 aromatic carbocycles. The molecule has 0 spiro atoms. The highest BCUT2D eigenvalue weighted by Crippen LogP contribution is 2.33. The summed E-state index contributed by atoms with van der Waals surface area (Å²) in [4.78, 5) is 15.0. The summed E-state index contributed by atoms with van der Waals surface area (Å²) in [5.74, 6) is 0.831. The molecule has 2 aliphatic rings. The van der Waals surface area contributed by atoms with Crippen LogP contribution in [-0.2, 0) is 5.41 Å². The van der Waals surface area contributed by atoms with Crippen LogP contribution in [0.5, 0.6) is 0 Å². The number of carbonyl (C=O) groups is 1. The molecule has 2 saturated heterocycles. The number of fused-ring (bicyclic) bond motifs is 1. The second-order valence-electron chi connectivity index (χ2n) is 7.61. The number of nitrogens with zero attached hydrogens (tertiary/aromatic N) is 1. The fraction of sp³-hybridized carbons (Fsp3) is 0.611. The van der Waals surface area contributed by atoms with Crippen molar-refractivity contribution in [1.29, 1.82) is 0 Å². The third-order valence-electron chi connectivity index (χ3n) is 5.01. The molecule has 0 saturated carbocycles. The minimum atomic E-state index is 0.128. The van der Waals surface area contributed by atoms with Crippen LogP contribution < -0.4 is 5.32 Å². The topological polar surface area (TPSA) is 32.3 Å². The van der Waals surface area contributed by atoms with Gasteiger partial charge in [-0.3, -0.25) is 4.79 Å². The Kier molecular flexibility index (Phi) is 3.56. The van der Waals surface area contributed by atoms with Crippen LogP contribution in [0.3, 0.4) is 0 Å². The van der Waals surface area contributed by atoms with E-state index in [0.717, 1.165) is 25.1 Å². The summed E-state index contributed by atoms with van der Waals surface area (Å²) in [6.07, 6.45) is 1.13. The molecule has 0 radical (unpaired) electrons. The molecule has 2 fully saturated rings. The van der Waals surface area contributed by atoms with Crippen LogP contribution in [-0.4, -0.2) is 36.0 Å². The Morgan fingerprint density at radius 3 is 2.48 bits per heavy atom. The van der Waals surface area contributed by atoms with Gasteiger partial charge in [0.05, 0.1) is 0 Å². The molecule has 3 nitrogen and oxygen atoms in total. The third kappa shape index (κ3) is 2.59. The van der Waals surface area contributed by atoms with Crippen LogP contribution in [0, 0.1) is 5.92 Å². The van der Waals surface area contributed by atoms with Crippen molar-refractivity contribution in [2.45, 2.75) is 51.6 Å². The van der Waals surface area contributed by atoms with Crippen molar-refractivity contribution in [3.8, 4) is 0 Å². The van der Waals surface area contributed by atoms with Gasteiger partial charge in [0, 0.05) is 30.7 Å². The van der Waals surface area contributed by atoms with Crippen LogP contribution in [0.1, 0.15) is 50.0 Å². The fourth-order valence-corrected chi connectivity index (χ4v) is 3.78. The minimum absolute atomic E-state index is 0.128. The SMILES string of the molecule is CC1CC2CNCC2N1C(=O)c1ccc(C(C)(C)C)cc1. The Labute approximate surface area is 127 Å². The summed E-state index contributed by atoms with van der Waals surface area (Å²) in [6, 6.07) is 8.92. The molecule has 3 rings (SSSR count). The smallest absolute Gasteiger partial charge is 0.254 e. The first kappa shape index (κ1) is 14.6. The Bertz CT molecular complexity index is 529. The quantitative estimate of drug-likeness (QED) is 0.861. The normalized spacial score (nSPS) is 28.8. The molecule has 1 N–H and O–H groups in total. The lowest BCUT2D eigenvalue weighted by Gasteiger charge is -2.28. The number of nitrogens with one attached hydrogen (secondary N) is 1. The van der Waals surface area contributed by atoms with Gasteiger partial charge in [0.15, 0.2) is 0 Å². The van der Waals surface area contributed by atoms with Crippen molar-refractivity contribution in [1.82, 2.24) is 10.2 Å². The van der Waals surface area contributed by atoms with Crippen LogP contribution in [0.15, 0.2) is 24.3 Å². The van der Waals surface area contributed by atoms with Gasteiger partial charge in [0.2, 0.25) is 0 Å². The van der Waals surface area contributed by atoms with Gasteiger partial charge in [-0.25, -0.2) is 0 Å². The summed E-state index contributed by atoms with van der Waals surface area (Å²) in [5.41, 5.74) is 2.22. The molecule has 0 bridgehead atoms. The van der Waals surface area contributed by atoms with Crippen molar-refractivity contribution < 1.29 is 4.79 Å². The predicted molar refractivity (Wildman–Crippen MR) is 85.5 cm³/mol. The Hall–Kier alpha value is -1.35. The average molecular weight is 286 g/mol. The van der Waals surface area contributed by atoms with Crippen LogP contribution in [0.25, 0.3) is 0 Å². The highest BCUT2D eigenvalue weighted by Gasteiger charge is 2.44. The standard InChI is InChI=1S/C18H26N2O/c1-12-9-14-10-19-11-16(14)20(12)17(21)13-5-7-15(8-6-13)18(2,3)4/h5-8,12,14,16,19H,9-11H2,1-4H3. The van der Waals surface area contributed by atoms with E-state index < -0.39 is 0 Å². The number of benzene rings is 1. The van der Waals surface area contributed by atoms with Gasteiger partial charge >= 0.3 is 0 Å². The van der Waals surface area contributed by atoms with E-state index in [1.807, 2.05) is 12.1 Å². The van der Waals surface area contributed by atoms with E-state index in [2.05, 4.69) is 50.0 Å². The fourth-order valence-electron chi connectivity index (χ4n) is 3.78. The number of rotatable bonds is 1. The van der Waals surface area contributed by atoms with Crippen molar-refractivity contribution in [2.75, 3.05) is 13.1 Å². The van der Waals surface area contributed by atoms with Gasteiger partial charge in [0.25, 0.3) is 5.91 Å². The van der Waals surface area contributed by atoms with E-state index in [1.54, 1.807) is 0 Å². The van der Waals surface area contributed by atoms with Gasteiger partial charge < -0.3 is 10.2 Å². The van der Waals surface area contributed by atoms with Gasteiger partial charge in [-0.15, -0.1) is 0 Å². The van der Waals surface area contributed by atoms with Crippen molar-refractivity contribution >= 4 is 5.91 Å². The molecule has 0 aromatic heterocycles. The maximum atomic E-state index is 12.9. The largest absolute Gasteiger partial charge is 0.331 e. The number of likely N-dealkylation sites (tertiary alicyclic amines) is 1. The second kappa shape index (κ2) is 5.13. The van der Waals surface area contributed by atoms with Crippen molar-refractivity contribution in [3.05, 3.63) is 35.4 Å². The lowest BCUT2D eigenvalue weighted by Crippen LogP contribution is -2.42. The summed E-state index contributed by atoms with van der Waals surface area (Å²) >= 11 is 0. The number of hydrogen-bond donors (Lipinski definition) is 1. The van der Waals surface area contributed by atoms with E-state index in [0.29, 0.717) is 18.0 Å². The third-order valence-corrected chi connectivity index (χ3v) is 5.01. The number of amides is 1. The van der Waals surface area contributed by atoms with Gasteiger partial charge in [-0.05, 0) is 42.4 Å². The average Bonchev–Trinajstić information content (AvgIpc) is 2.97. The maximum Gasteiger partial charge on any atom is 0.254 e. The summed E-state index contributed by atoms with van der Waals surface area (Å²) in [6.45, 7) is 10.8. The van der Waals surface area contributed by atoms with Crippen LogP contribution in [0.2, 0.25) is 0 Å². The monoisotopic (exact) mass is 286 g/mol. The van der Waals surface area contributed by atoms with Gasteiger partial charge in [-0.2, -0.15) is 0 Å². The Balaban J connectivity index is 1.82. The number of carbonyl (C=O) groups excluding carboxylic acids is 1. The zero-order valence-corrected chi connectivity index (χ0v) is 13.5. The molecule has 2 aliphatic heterocycles. The van der Waals surface area contributed by atoms with Gasteiger partial charge in [-0.1, -0.05) is 32.9 Å². The molecular weight excluding hydrogens is 260 g/mol. The summed E-state index contributed by atoms with van der Waals surface area (Å²) in [7, 11) is 0. The number of hydrogen-bond acceptors (Lipinski definition) is 2. The van der Waals surface area contributed by atoms with Crippen LogP contribution >= 0.6 is 0 Å². The maximum absolute atomic E-state index is 12.9. The summed E-state index contributed by atoms with van der Waals surface area (Å²) < 4.78 is 0. The van der Waals surface area contributed by atoms with E-state index in [-0.39, 0.29) is 11.3 Å². The molecular formula is C18H26N2O. The molecule has 3 unspecified atom stereocenters. The molecule has 3 heteroatoms. The van der Waals surface area contributed by atoms with E-state index in [1.165, 1.54) is 5.56 Å². The minimum Gasteiger partial charge on any atom is -0.331 e. The first-order valence-electron chi connectivity index (χ1n) is 8.02. The Morgan fingerprint density at radius 2 is 1.86 bits per heavy atom. The van der Waals surface area contributed by atoms with E-state index >= 15 is 0 Å². The zero-order valence-electron chi connectivity index (χ0n) is 13.5. The molecule has 114 valence electrons. The van der Waals surface area contributed by atoms with Crippen molar-refractivity contribution in [3.63, 3.8) is 0 Å². The molecule has 2 heterocycles. The van der Waals surface area contributed by atoms with Gasteiger partial charge in [0.1, 0.15) is 0 Å². The van der Waals surface area contributed by atoms with Crippen molar-refractivity contribution in [2.24, 2.45) is 5.92 Å². The highest BCUT2D eigenvalue weighted by molar-refractivity contribution is 5.95. The molecule has 0 aliphatic carbocycles. The lowest BCUT2D eigenvalue weighted by molar-refractivity contribution is 0.0682. The molecule has 1 amide bonds. The summed E-state index contributed by atoms with van der Waals surface area (Å²) in [5, 5.41) is 3.42. The zero-order chi connectivity index (χ0) is 15.2. The first-order chi connectivity index (χ1) is 9.88. The molecule has 1 aromatic rings. The van der Waals surface area contributed by atoms with E-state index in [9.17, 15) is 4.79 Å². The highest BCUT2D eigenvalue weighted by atomic mass is 16.2. The lowest BCUT2D eigenvalue weighted by atomic mass is 9.86. The predicted octanol–water partition coefficient (Wildman–Crippen LogP) is 2.81.